The van der Waals surface area contributed by atoms with E-state index >= 15 is 0 Å². The maximum absolute atomic E-state index is 11.1. The highest BCUT2D eigenvalue weighted by molar-refractivity contribution is 7.15. The number of carbonyl (C=O) groups is 1. The fourth-order valence-electron chi connectivity index (χ4n) is 1.47. The highest BCUT2D eigenvalue weighted by Crippen LogP contribution is 2.24. The molecule has 1 unspecified atom stereocenters. The summed E-state index contributed by atoms with van der Waals surface area (Å²) < 4.78 is 0. The van der Waals surface area contributed by atoms with Crippen LogP contribution in [0, 0.1) is 0 Å². The summed E-state index contributed by atoms with van der Waals surface area (Å²) in [5.41, 5.74) is 6.56. The van der Waals surface area contributed by atoms with Gasteiger partial charge in [0.2, 0.25) is 0 Å². The number of carbonyl (C=O) groups excluding carboxylic acids is 1. The molecule has 5 heteroatoms. The lowest BCUT2D eigenvalue weighted by Gasteiger charge is -2.19. The number of hydrogen-bond acceptors (Lipinski definition) is 5. The molecular weight excluding hydrogens is 186 g/mol. The number of aromatic nitrogens is 1. The molecule has 0 saturated heterocycles. The predicted octanol–water partition coefficient (Wildman–Crippen LogP) is 0.329. The van der Waals surface area contributed by atoms with E-state index in [0.29, 0.717) is 18.1 Å². The van der Waals surface area contributed by atoms with Crippen molar-refractivity contribution in [2.45, 2.75) is 25.9 Å². The molecule has 0 aromatic carbocycles. The Kier molecular flexibility index (Phi) is 2.05. The SMILES string of the molecule is CC(=O)C1Cc2nc(N)sc2CN1. The fourth-order valence-corrected chi connectivity index (χ4v) is 2.28. The highest BCUT2D eigenvalue weighted by atomic mass is 32.1. The first-order valence-corrected chi connectivity index (χ1v) is 4.96. The first-order chi connectivity index (χ1) is 6.16. The zero-order valence-electron chi connectivity index (χ0n) is 7.33. The zero-order chi connectivity index (χ0) is 9.42. The number of nitrogens with one attached hydrogen (secondary N) is 1. The molecule has 0 fully saturated rings. The molecule has 2 heterocycles. The molecule has 0 amide bonds. The van der Waals surface area contributed by atoms with Crippen LogP contribution in [0.5, 0.6) is 0 Å². The van der Waals surface area contributed by atoms with Crippen molar-refractivity contribution >= 4 is 22.3 Å². The van der Waals surface area contributed by atoms with Crippen LogP contribution in [0.1, 0.15) is 17.5 Å². The minimum absolute atomic E-state index is 0.0750. The first-order valence-electron chi connectivity index (χ1n) is 4.14. The third kappa shape index (κ3) is 1.57. The number of Topliss-reactive ketones (excluding diaryl/α,β-unsaturated/α-hetero) is 1. The average Bonchev–Trinajstić information content (AvgIpc) is 2.42. The predicted molar refractivity (Wildman–Crippen MR) is 51.5 cm³/mol. The third-order valence-corrected chi connectivity index (χ3v) is 3.12. The lowest BCUT2D eigenvalue weighted by atomic mass is 10.0. The third-order valence-electron chi connectivity index (χ3n) is 2.19. The van der Waals surface area contributed by atoms with Gasteiger partial charge in [-0.15, -0.1) is 11.3 Å². The summed E-state index contributed by atoms with van der Waals surface area (Å²) in [6.45, 7) is 2.31. The van der Waals surface area contributed by atoms with Crippen molar-refractivity contribution in [3.05, 3.63) is 10.6 Å². The summed E-state index contributed by atoms with van der Waals surface area (Å²) in [7, 11) is 0. The number of nitrogens with two attached hydrogens (primary N) is 1. The van der Waals surface area contributed by atoms with Crippen LogP contribution in [0.2, 0.25) is 0 Å². The maximum atomic E-state index is 11.1. The van der Waals surface area contributed by atoms with E-state index in [9.17, 15) is 4.79 Å². The van der Waals surface area contributed by atoms with E-state index in [1.807, 2.05) is 0 Å². The summed E-state index contributed by atoms with van der Waals surface area (Å²) in [5, 5.41) is 3.75. The molecule has 70 valence electrons. The van der Waals surface area contributed by atoms with Crippen molar-refractivity contribution in [1.29, 1.82) is 0 Å². The van der Waals surface area contributed by atoms with E-state index < -0.39 is 0 Å². The van der Waals surface area contributed by atoms with Crippen LogP contribution in [0.15, 0.2) is 0 Å². The molecule has 1 aromatic heterocycles. The fraction of sp³-hybridized carbons (Fsp3) is 0.500. The van der Waals surface area contributed by atoms with E-state index in [-0.39, 0.29) is 11.8 Å². The smallest absolute Gasteiger partial charge is 0.180 e. The minimum atomic E-state index is -0.0750. The molecule has 1 atom stereocenters. The van der Waals surface area contributed by atoms with Crippen LogP contribution in [-0.2, 0) is 17.8 Å². The number of nitrogen functional groups attached to an aromatic ring is 1. The van der Waals surface area contributed by atoms with E-state index in [0.717, 1.165) is 10.6 Å². The Bertz CT molecular complexity index is 347. The molecule has 0 spiro atoms. The van der Waals surface area contributed by atoms with Gasteiger partial charge in [-0.3, -0.25) is 4.79 Å². The van der Waals surface area contributed by atoms with Gasteiger partial charge in [0.05, 0.1) is 11.7 Å². The number of rotatable bonds is 1. The topological polar surface area (TPSA) is 68.0 Å². The van der Waals surface area contributed by atoms with Crippen LogP contribution in [0.4, 0.5) is 5.13 Å². The second-order valence-corrected chi connectivity index (χ2v) is 4.29. The maximum Gasteiger partial charge on any atom is 0.180 e. The zero-order valence-corrected chi connectivity index (χ0v) is 8.15. The van der Waals surface area contributed by atoms with Gasteiger partial charge in [-0.25, -0.2) is 4.98 Å². The molecular formula is C8H11N3OS. The van der Waals surface area contributed by atoms with Gasteiger partial charge < -0.3 is 11.1 Å². The first kappa shape index (κ1) is 8.65. The largest absolute Gasteiger partial charge is 0.375 e. The number of nitrogens with zero attached hydrogens (tertiary/aromatic N) is 1. The molecule has 1 aliphatic heterocycles. The molecule has 4 nitrogen and oxygen atoms in total. The Morgan fingerprint density at radius 3 is 3.23 bits per heavy atom. The highest BCUT2D eigenvalue weighted by Gasteiger charge is 2.23. The number of thiazole rings is 1. The molecule has 0 aliphatic carbocycles. The molecule has 0 bridgehead atoms. The van der Waals surface area contributed by atoms with Gasteiger partial charge in [0, 0.05) is 17.8 Å². The molecule has 13 heavy (non-hydrogen) atoms. The second kappa shape index (κ2) is 3.08. The second-order valence-electron chi connectivity index (χ2n) is 3.17. The Hall–Kier alpha value is -0.940. The summed E-state index contributed by atoms with van der Waals surface area (Å²) in [6.07, 6.45) is 0.679. The Morgan fingerprint density at radius 1 is 1.77 bits per heavy atom. The monoisotopic (exact) mass is 197 g/mol. The normalized spacial score (nSPS) is 21.2. The van der Waals surface area contributed by atoms with Crippen LogP contribution in [0.3, 0.4) is 0 Å². The lowest BCUT2D eigenvalue weighted by Crippen LogP contribution is -2.40. The Balaban J connectivity index is 2.24. The Morgan fingerprint density at radius 2 is 2.54 bits per heavy atom. The quantitative estimate of drug-likeness (QED) is 0.680. The van der Waals surface area contributed by atoms with Crippen molar-refractivity contribution in [3.8, 4) is 0 Å². The van der Waals surface area contributed by atoms with Gasteiger partial charge >= 0.3 is 0 Å². The van der Waals surface area contributed by atoms with Crippen LogP contribution < -0.4 is 11.1 Å². The van der Waals surface area contributed by atoms with Crippen LogP contribution in [0.25, 0.3) is 0 Å². The summed E-state index contributed by atoms with van der Waals surface area (Å²) in [5.74, 6) is 0.164. The number of anilines is 1. The van der Waals surface area contributed by atoms with Crippen LogP contribution in [-0.4, -0.2) is 16.8 Å². The van der Waals surface area contributed by atoms with Gasteiger partial charge in [-0.1, -0.05) is 0 Å². The number of hydrogen-bond donors (Lipinski definition) is 2. The summed E-state index contributed by atoms with van der Waals surface area (Å²) in [6, 6.07) is -0.0750. The van der Waals surface area contributed by atoms with E-state index in [1.165, 1.54) is 11.3 Å². The molecule has 2 rings (SSSR count). The molecule has 1 aliphatic rings. The van der Waals surface area contributed by atoms with E-state index in [4.69, 9.17) is 5.73 Å². The standard InChI is InChI=1S/C8H11N3OS/c1-4(12)5-2-6-7(3-10-5)13-8(9)11-6/h5,10H,2-3H2,1H3,(H2,9,11). The Labute approximate surface area is 80.2 Å². The van der Waals surface area contributed by atoms with Crippen molar-refractivity contribution in [2.75, 3.05) is 5.73 Å². The van der Waals surface area contributed by atoms with Gasteiger partial charge in [-0.05, 0) is 6.92 Å². The molecule has 0 radical (unpaired) electrons. The van der Waals surface area contributed by atoms with E-state index in [2.05, 4.69) is 10.3 Å². The van der Waals surface area contributed by atoms with Gasteiger partial charge in [0.15, 0.2) is 5.13 Å². The van der Waals surface area contributed by atoms with Crippen molar-refractivity contribution < 1.29 is 4.79 Å². The van der Waals surface area contributed by atoms with Crippen molar-refractivity contribution in [2.24, 2.45) is 0 Å². The van der Waals surface area contributed by atoms with Crippen LogP contribution >= 0.6 is 11.3 Å². The summed E-state index contributed by atoms with van der Waals surface area (Å²) in [4.78, 5) is 16.4. The van der Waals surface area contributed by atoms with Gasteiger partial charge in [0.1, 0.15) is 5.78 Å². The molecule has 3 N–H and O–H groups in total. The molecule has 1 aromatic rings. The van der Waals surface area contributed by atoms with E-state index in [1.54, 1.807) is 6.92 Å². The summed E-state index contributed by atoms with van der Waals surface area (Å²) >= 11 is 1.50. The van der Waals surface area contributed by atoms with Gasteiger partial charge in [-0.2, -0.15) is 0 Å². The lowest BCUT2D eigenvalue weighted by molar-refractivity contribution is -0.119. The number of ketones is 1. The molecule has 0 saturated carbocycles. The van der Waals surface area contributed by atoms with Gasteiger partial charge in [0.25, 0.3) is 0 Å². The average molecular weight is 197 g/mol. The van der Waals surface area contributed by atoms with Crippen molar-refractivity contribution in [1.82, 2.24) is 10.3 Å². The number of fused-ring (bicyclic) bond motifs is 1. The van der Waals surface area contributed by atoms with Crippen molar-refractivity contribution in [3.63, 3.8) is 0 Å². The minimum Gasteiger partial charge on any atom is -0.375 e.